The van der Waals surface area contributed by atoms with Gasteiger partial charge in [-0.2, -0.15) is 4.39 Å². The molecule has 1 N–H and O–H groups in total. The van der Waals surface area contributed by atoms with Gasteiger partial charge in [-0.1, -0.05) is 6.07 Å². The Morgan fingerprint density at radius 1 is 1.39 bits per heavy atom. The number of para-hydroxylation sites is 1. The number of rotatable bonds is 5. The Hall–Kier alpha value is -2.18. The number of nitro groups is 1. The van der Waals surface area contributed by atoms with Gasteiger partial charge in [0, 0.05) is 19.6 Å². The number of piperidine rings is 1. The van der Waals surface area contributed by atoms with Crippen LogP contribution in [0.25, 0.3) is 0 Å². The summed E-state index contributed by atoms with van der Waals surface area (Å²) in [6.07, 6.45) is 3.87. The van der Waals surface area contributed by atoms with Crippen molar-refractivity contribution in [1.82, 2.24) is 5.32 Å². The van der Waals surface area contributed by atoms with Crippen LogP contribution in [0.1, 0.15) is 25.7 Å². The van der Waals surface area contributed by atoms with Crippen LogP contribution in [0, 0.1) is 27.8 Å². The number of nitrogens with one attached hydrogen (secondary N) is 1. The highest BCUT2D eigenvalue weighted by Gasteiger charge is 2.31. The fraction of sp³-hybridized carbons (Fsp3) is 0.562. The quantitative estimate of drug-likeness (QED) is 0.668. The molecule has 1 saturated carbocycles. The Kier molecular flexibility index (Phi) is 4.45. The molecule has 0 spiro atoms. The summed E-state index contributed by atoms with van der Waals surface area (Å²) >= 11 is 0. The van der Waals surface area contributed by atoms with E-state index in [9.17, 15) is 19.3 Å². The van der Waals surface area contributed by atoms with E-state index in [-0.39, 0.29) is 17.5 Å². The number of nitro benzene ring substituents is 1. The van der Waals surface area contributed by atoms with Gasteiger partial charge in [0.05, 0.1) is 10.8 Å². The van der Waals surface area contributed by atoms with Gasteiger partial charge in [-0.25, -0.2) is 0 Å². The standard InChI is InChI=1S/C16H20FN3O3/c17-13-4-1-5-14(15(13)20(22)23)19-8-2-3-12(10-19)16(21)18-9-11-6-7-11/h1,4-5,11-12H,2-3,6-10H2,(H,18,21). The summed E-state index contributed by atoms with van der Waals surface area (Å²) < 4.78 is 13.8. The van der Waals surface area contributed by atoms with Gasteiger partial charge in [0.15, 0.2) is 0 Å². The number of hydrogen-bond acceptors (Lipinski definition) is 4. The molecule has 1 aliphatic heterocycles. The van der Waals surface area contributed by atoms with Crippen LogP contribution in [-0.2, 0) is 4.79 Å². The van der Waals surface area contributed by atoms with E-state index in [1.807, 2.05) is 0 Å². The van der Waals surface area contributed by atoms with E-state index in [0.29, 0.717) is 19.0 Å². The van der Waals surface area contributed by atoms with Crippen LogP contribution in [0.15, 0.2) is 18.2 Å². The van der Waals surface area contributed by atoms with Crippen molar-refractivity contribution in [2.75, 3.05) is 24.5 Å². The molecule has 1 aromatic rings. The van der Waals surface area contributed by atoms with Crippen LogP contribution in [0.2, 0.25) is 0 Å². The van der Waals surface area contributed by atoms with Gasteiger partial charge < -0.3 is 10.2 Å². The van der Waals surface area contributed by atoms with Gasteiger partial charge >= 0.3 is 5.69 Å². The number of carbonyl (C=O) groups excluding carboxylic acids is 1. The molecule has 0 bridgehead atoms. The Morgan fingerprint density at radius 3 is 2.87 bits per heavy atom. The molecule has 0 aromatic heterocycles. The van der Waals surface area contributed by atoms with Crippen molar-refractivity contribution in [2.45, 2.75) is 25.7 Å². The van der Waals surface area contributed by atoms with Gasteiger partial charge in [0.2, 0.25) is 11.7 Å². The van der Waals surface area contributed by atoms with Crippen LogP contribution in [0.5, 0.6) is 0 Å². The lowest BCUT2D eigenvalue weighted by Crippen LogP contribution is -2.43. The van der Waals surface area contributed by atoms with Gasteiger partial charge in [-0.05, 0) is 43.7 Å². The molecule has 1 aliphatic carbocycles. The largest absolute Gasteiger partial charge is 0.365 e. The maximum atomic E-state index is 13.8. The SMILES string of the molecule is O=C(NCC1CC1)C1CCCN(c2cccc(F)c2[N+](=O)[O-])C1. The number of benzene rings is 1. The fourth-order valence-corrected chi connectivity index (χ4v) is 3.06. The molecular weight excluding hydrogens is 301 g/mol. The van der Waals surface area contributed by atoms with Crippen molar-refractivity contribution in [2.24, 2.45) is 11.8 Å². The van der Waals surface area contributed by atoms with E-state index < -0.39 is 16.4 Å². The van der Waals surface area contributed by atoms with Crippen LogP contribution >= 0.6 is 0 Å². The van der Waals surface area contributed by atoms with Gasteiger partial charge in [-0.3, -0.25) is 14.9 Å². The van der Waals surface area contributed by atoms with Crippen LogP contribution in [0.3, 0.4) is 0 Å². The highest BCUT2D eigenvalue weighted by atomic mass is 19.1. The minimum absolute atomic E-state index is 0.000608. The van der Waals surface area contributed by atoms with Crippen molar-refractivity contribution >= 4 is 17.3 Å². The summed E-state index contributed by atoms with van der Waals surface area (Å²) in [6.45, 7) is 1.70. The zero-order valence-corrected chi connectivity index (χ0v) is 12.8. The molecule has 124 valence electrons. The number of hydrogen-bond donors (Lipinski definition) is 1. The van der Waals surface area contributed by atoms with Crippen LogP contribution in [0.4, 0.5) is 15.8 Å². The highest BCUT2D eigenvalue weighted by Crippen LogP contribution is 2.33. The molecular formula is C16H20FN3O3. The molecule has 1 heterocycles. The monoisotopic (exact) mass is 321 g/mol. The number of anilines is 1. The lowest BCUT2D eigenvalue weighted by atomic mass is 9.96. The van der Waals surface area contributed by atoms with Crippen LogP contribution in [-0.4, -0.2) is 30.5 Å². The average Bonchev–Trinajstić information content (AvgIpc) is 3.36. The summed E-state index contributed by atoms with van der Waals surface area (Å²) in [5.74, 6) is -0.429. The molecule has 3 rings (SSSR count). The summed E-state index contributed by atoms with van der Waals surface area (Å²) in [4.78, 5) is 24.5. The molecule has 1 aromatic carbocycles. The Bertz CT molecular complexity index is 619. The summed E-state index contributed by atoms with van der Waals surface area (Å²) in [5, 5.41) is 14.1. The first-order chi connectivity index (χ1) is 11.1. The third kappa shape index (κ3) is 3.60. The average molecular weight is 321 g/mol. The molecule has 2 fully saturated rings. The van der Waals surface area contributed by atoms with Crippen LogP contribution < -0.4 is 10.2 Å². The van der Waals surface area contributed by atoms with E-state index in [0.717, 1.165) is 25.5 Å². The van der Waals surface area contributed by atoms with E-state index in [4.69, 9.17) is 0 Å². The van der Waals surface area contributed by atoms with Gasteiger partial charge in [0.1, 0.15) is 5.69 Å². The Morgan fingerprint density at radius 2 is 2.17 bits per heavy atom. The minimum Gasteiger partial charge on any atom is -0.365 e. The molecule has 2 aliphatic rings. The maximum Gasteiger partial charge on any atom is 0.327 e. The number of nitrogens with zero attached hydrogens (tertiary/aromatic N) is 2. The Balaban J connectivity index is 1.72. The highest BCUT2D eigenvalue weighted by molar-refractivity contribution is 5.80. The number of carbonyl (C=O) groups is 1. The van der Waals surface area contributed by atoms with Crippen molar-refractivity contribution in [3.8, 4) is 0 Å². The lowest BCUT2D eigenvalue weighted by Gasteiger charge is -2.33. The maximum absolute atomic E-state index is 13.8. The second kappa shape index (κ2) is 6.52. The molecule has 0 radical (unpaired) electrons. The van der Waals surface area contributed by atoms with Crippen molar-refractivity contribution < 1.29 is 14.1 Å². The first kappa shape index (κ1) is 15.7. The predicted octanol–water partition coefficient (Wildman–Crippen LogP) is 2.48. The molecule has 1 amide bonds. The number of amides is 1. The van der Waals surface area contributed by atoms with Crippen molar-refractivity contribution in [3.05, 3.63) is 34.1 Å². The summed E-state index contributed by atoms with van der Waals surface area (Å²) in [7, 11) is 0. The summed E-state index contributed by atoms with van der Waals surface area (Å²) in [5.41, 5.74) is -0.249. The zero-order valence-electron chi connectivity index (χ0n) is 12.8. The molecule has 6 nitrogen and oxygen atoms in total. The van der Waals surface area contributed by atoms with E-state index in [1.165, 1.54) is 18.9 Å². The fourth-order valence-electron chi connectivity index (χ4n) is 3.06. The lowest BCUT2D eigenvalue weighted by molar-refractivity contribution is -0.386. The third-order valence-corrected chi connectivity index (χ3v) is 4.54. The number of halogens is 1. The second-order valence-electron chi connectivity index (χ2n) is 6.34. The smallest absolute Gasteiger partial charge is 0.327 e. The van der Waals surface area contributed by atoms with Gasteiger partial charge in [-0.15, -0.1) is 0 Å². The zero-order chi connectivity index (χ0) is 16.4. The van der Waals surface area contributed by atoms with Crippen molar-refractivity contribution in [3.63, 3.8) is 0 Å². The van der Waals surface area contributed by atoms with Crippen molar-refractivity contribution in [1.29, 1.82) is 0 Å². The van der Waals surface area contributed by atoms with Gasteiger partial charge in [0.25, 0.3) is 0 Å². The molecule has 1 unspecified atom stereocenters. The molecule has 23 heavy (non-hydrogen) atoms. The normalized spacial score (nSPS) is 21.1. The molecule has 1 atom stereocenters. The van der Waals surface area contributed by atoms with E-state index in [1.54, 1.807) is 11.0 Å². The predicted molar refractivity (Wildman–Crippen MR) is 83.7 cm³/mol. The van der Waals surface area contributed by atoms with E-state index >= 15 is 0 Å². The first-order valence-corrected chi connectivity index (χ1v) is 8.02. The first-order valence-electron chi connectivity index (χ1n) is 8.02. The second-order valence-corrected chi connectivity index (χ2v) is 6.34. The molecule has 1 saturated heterocycles. The summed E-state index contributed by atoms with van der Waals surface area (Å²) in [6, 6.07) is 4.10. The Labute approximate surface area is 133 Å². The van der Waals surface area contributed by atoms with E-state index in [2.05, 4.69) is 5.32 Å². The third-order valence-electron chi connectivity index (χ3n) is 4.54. The minimum atomic E-state index is -0.840. The topological polar surface area (TPSA) is 75.5 Å². The molecule has 7 heteroatoms.